The van der Waals surface area contributed by atoms with Crippen LogP contribution >= 0.6 is 0 Å². The van der Waals surface area contributed by atoms with Gasteiger partial charge in [0.15, 0.2) is 0 Å². The smallest absolute Gasteiger partial charge is 0.311 e. The van der Waals surface area contributed by atoms with Crippen LogP contribution in [0.2, 0.25) is 0 Å². The van der Waals surface area contributed by atoms with Crippen LogP contribution in [0.5, 0.6) is 5.75 Å². The molecule has 0 heterocycles. The lowest BCUT2D eigenvalue weighted by Crippen LogP contribution is -2.14. The number of anilines is 1. The second kappa shape index (κ2) is 5.44. The average molecular weight is 257 g/mol. The number of nitrogen functional groups attached to an aromatic ring is 1. The van der Waals surface area contributed by atoms with Gasteiger partial charge in [-0.15, -0.1) is 0 Å². The Labute approximate surface area is 111 Å². The van der Waals surface area contributed by atoms with E-state index in [1.54, 1.807) is 48.5 Å². The van der Waals surface area contributed by atoms with Gasteiger partial charge in [-0.3, -0.25) is 4.79 Å². The van der Waals surface area contributed by atoms with Crippen molar-refractivity contribution in [2.45, 2.75) is 12.3 Å². The highest BCUT2D eigenvalue weighted by Gasteiger charge is 2.20. The lowest BCUT2D eigenvalue weighted by molar-refractivity contribution is -0.138. The van der Waals surface area contributed by atoms with Gasteiger partial charge in [-0.2, -0.15) is 0 Å². The number of nitrogens with two attached hydrogens (primary N) is 1. The first-order valence-corrected chi connectivity index (χ1v) is 5.92. The zero-order valence-electron chi connectivity index (χ0n) is 10.3. The molecule has 0 bridgehead atoms. The minimum Gasteiger partial charge on any atom is -0.508 e. The average Bonchev–Trinajstić information content (AvgIpc) is 2.39. The van der Waals surface area contributed by atoms with Gasteiger partial charge in [-0.05, 0) is 41.8 Å². The van der Waals surface area contributed by atoms with Gasteiger partial charge in [0.05, 0.1) is 5.92 Å². The molecule has 1 unspecified atom stereocenters. The predicted octanol–water partition coefficient (Wildman–Crippen LogP) is 2.39. The molecular formula is C15H15NO3. The Morgan fingerprint density at radius 3 is 2.16 bits per heavy atom. The lowest BCUT2D eigenvalue weighted by Gasteiger charge is -2.13. The number of rotatable bonds is 4. The number of carboxylic acid groups (broad SMARTS) is 1. The van der Waals surface area contributed by atoms with Crippen molar-refractivity contribution in [3.05, 3.63) is 59.7 Å². The second-order valence-corrected chi connectivity index (χ2v) is 4.43. The molecule has 4 N–H and O–H groups in total. The maximum atomic E-state index is 11.4. The summed E-state index contributed by atoms with van der Waals surface area (Å²) in [5.74, 6) is -1.33. The van der Waals surface area contributed by atoms with Gasteiger partial charge < -0.3 is 15.9 Å². The normalized spacial score (nSPS) is 12.0. The van der Waals surface area contributed by atoms with E-state index in [2.05, 4.69) is 0 Å². The van der Waals surface area contributed by atoms with Crippen LogP contribution in [0.1, 0.15) is 17.0 Å². The summed E-state index contributed by atoms with van der Waals surface area (Å²) < 4.78 is 0. The zero-order chi connectivity index (χ0) is 13.8. The van der Waals surface area contributed by atoms with Crippen LogP contribution in [-0.4, -0.2) is 16.2 Å². The summed E-state index contributed by atoms with van der Waals surface area (Å²) in [6, 6.07) is 13.4. The van der Waals surface area contributed by atoms with E-state index in [-0.39, 0.29) is 5.75 Å². The van der Waals surface area contributed by atoms with Crippen LogP contribution < -0.4 is 5.73 Å². The van der Waals surface area contributed by atoms with E-state index in [0.717, 1.165) is 11.1 Å². The first-order valence-electron chi connectivity index (χ1n) is 5.92. The molecule has 4 nitrogen and oxygen atoms in total. The molecule has 2 rings (SSSR count). The summed E-state index contributed by atoms with van der Waals surface area (Å²) in [5.41, 5.74) is 7.79. The molecule has 19 heavy (non-hydrogen) atoms. The van der Waals surface area contributed by atoms with Crippen molar-refractivity contribution in [3.63, 3.8) is 0 Å². The first kappa shape index (κ1) is 13.0. The topological polar surface area (TPSA) is 83.5 Å². The monoisotopic (exact) mass is 257 g/mol. The number of aromatic hydroxyl groups is 1. The fourth-order valence-electron chi connectivity index (χ4n) is 1.94. The minimum absolute atomic E-state index is 0.170. The summed E-state index contributed by atoms with van der Waals surface area (Å²) >= 11 is 0. The Bertz CT molecular complexity index is 561. The Hall–Kier alpha value is -2.49. The number of carbonyl (C=O) groups is 1. The SMILES string of the molecule is Nc1ccc(C(Cc2ccc(O)cc2)C(=O)O)cc1. The van der Waals surface area contributed by atoms with Gasteiger partial charge in [0.25, 0.3) is 0 Å². The molecule has 1 atom stereocenters. The van der Waals surface area contributed by atoms with Gasteiger partial charge in [0.2, 0.25) is 0 Å². The minimum atomic E-state index is -0.877. The molecule has 0 aliphatic rings. The quantitative estimate of drug-likeness (QED) is 0.734. The van der Waals surface area contributed by atoms with E-state index in [0.29, 0.717) is 12.1 Å². The number of aliphatic carboxylic acids is 1. The highest BCUT2D eigenvalue weighted by Crippen LogP contribution is 2.23. The fourth-order valence-corrected chi connectivity index (χ4v) is 1.94. The number of carboxylic acids is 1. The van der Waals surface area contributed by atoms with Crippen molar-refractivity contribution in [2.24, 2.45) is 0 Å². The molecule has 0 saturated carbocycles. The number of benzene rings is 2. The summed E-state index contributed by atoms with van der Waals surface area (Å²) in [6.07, 6.45) is 0.375. The highest BCUT2D eigenvalue weighted by molar-refractivity contribution is 5.76. The van der Waals surface area contributed by atoms with Crippen LogP contribution in [-0.2, 0) is 11.2 Å². The van der Waals surface area contributed by atoms with Crippen LogP contribution in [0.3, 0.4) is 0 Å². The molecule has 0 saturated heterocycles. The largest absolute Gasteiger partial charge is 0.508 e. The molecule has 4 heteroatoms. The summed E-state index contributed by atoms with van der Waals surface area (Å²) in [4.78, 5) is 11.4. The standard InChI is InChI=1S/C15H15NO3/c16-12-5-3-11(4-6-12)14(15(18)19)9-10-1-7-13(17)8-2-10/h1-8,14,17H,9,16H2,(H,18,19). The number of phenols is 1. The molecule has 0 spiro atoms. The number of phenolic OH excluding ortho intramolecular Hbond substituents is 1. The van der Waals surface area contributed by atoms with E-state index < -0.39 is 11.9 Å². The van der Waals surface area contributed by atoms with E-state index in [1.807, 2.05) is 0 Å². The lowest BCUT2D eigenvalue weighted by atomic mass is 9.92. The van der Waals surface area contributed by atoms with E-state index in [1.165, 1.54) is 0 Å². The van der Waals surface area contributed by atoms with Crippen molar-refractivity contribution >= 4 is 11.7 Å². The Kier molecular flexibility index (Phi) is 3.71. The Balaban J connectivity index is 2.23. The third-order valence-corrected chi connectivity index (χ3v) is 3.01. The van der Waals surface area contributed by atoms with E-state index >= 15 is 0 Å². The molecule has 0 aromatic heterocycles. The zero-order valence-corrected chi connectivity index (χ0v) is 10.3. The van der Waals surface area contributed by atoms with Crippen molar-refractivity contribution < 1.29 is 15.0 Å². The van der Waals surface area contributed by atoms with Crippen LogP contribution in [0.25, 0.3) is 0 Å². The third-order valence-electron chi connectivity index (χ3n) is 3.01. The Morgan fingerprint density at radius 1 is 1.05 bits per heavy atom. The molecule has 0 radical (unpaired) electrons. The molecule has 2 aromatic carbocycles. The van der Waals surface area contributed by atoms with Crippen LogP contribution in [0.15, 0.2) is 48.5 Å². The third kappa shape index (κ3) is 3.25. The van der Waals surface area contributed by atoms with Crippen LogP contribution in [0.4, 0.5) is 5.69 Å². The number of hydrogen-bond acceptors (Lipinski definition) is 3. The van der Waals surface area contributed by atoms with Crippen molar-refractivity contribution in [1.82, 2.24) is 0 Å². The van der Waals surface area contributed by atoms with Gasteiger partial charge in [-0.1, -0.05) is 24.3 Å². The van der Waals surface area contributed by atoms with E-state index in [9.17, 15) is 15.0 Å². The van der Waals surface area contributed by atoms with Crippen molar-refractivity contribution in [3.8, 4) is 5.75 Å². The van der Waals surface area contributed by atoms with E-state index in [4.69, 9.17) is 5.73 Å². The predicted molar refractivity (Wildman–Crippen MR) is 73.0 cm³/mol. The second-order valence-electron chi connectivity index (χ2n) is 4.43. The molecule has 0 aliphatic carbocycles. The summed E-state index contributed by atoms with van der Waals surface area (Å²) in [6.45, 7) is 0. The molecule has 0 amide bonds. The van der Waals surface area contributed by atoms with Gasteiger partial charge in [-0.25, -0.2) is 0 Å². The van der Waals surface area contributed by atoms with Gasteiger partial charge >= 0.3 is 5.97 Å². The van der Waals surface area contributed by atoms with Gasteiger partial charge in [0, 0.05) is 5.69 Å². The molecular weight excluding hydrogens is 242 g/mol. The molecule has 0 fully saturated rings. The van der Waals surface area contributed by atoms with Crippen molar-refractivity contribution in [2.75, 3.05) is 5.73 Å². The Morgan fingerprint density at radius 2 is 1.63 bits per heavy atom. The maximum Gasteiger partial charge on any atom is 0.311 e. The molecule has 2 aromatic rings. The highest BCUT2D eigenvalue weighted by atomic mass is 16.4. The number of hydrogen-bond donors (Lipinski definition) is 3. The fraction of sp³-hybridized carbons (Fsp3) is 0.133. The maximum absolute atomic E-state index is 11.4. The first-order chi connectivity index (χ1) is 9.06. The summed E-state index contributed by atoms with van der Waals surface area (Å²) in [5, 5.41) is 18.5. The summed E-state index contributed by atoms with van der Waals surface area (Å²) in [7, 11) is 0. The van der Waals surface area contributed by atoms with Crippen molar-refractivity contribution in [1.29, 1.82) is 0 Å². The van der Waals surface area contributed by atoms with Gasteiger partial charge in [0.1, 0.15) is 5.75 Å². The molecule has 98 valence electrons. The molecule has 0 aliphatic heterocycles. The van der Waals surface area contributed by atoms with Crippen LogP contribution in [0, 0.1) is 0 Å².